The monoisotopic (exact) mass is 690 g/mol. The van der Waals surface area contributed by atoms with E-state index in [1.54, 1.807) is 37.4 Å². The molecular formula is C34H28Cl2N4O6S. The first-order valence-electron chi connectivity index (χ1n) is 15.2. The summed E-state index contributed by atoms with van der Waals surface area (Å²) >= 11 is 14.5. The average Bonchev–Trinajstić information content (AvgIpc) is 3.69. The van der Waals surface area contributed by atoms with Crippen LogP contribution in [0.2, 0.25) is 10.0 Å². The van der Waals surface area contributed by atoms with E-state index < -0.39 is 58.6 Å². The lowest BCUT2D eigenvalue weighted by Gasteiger charge is -2.49. The van der Waals surface area contributed by atoms with Gasteiger partial charge in [0.1, 0.15) is 17.3 Å². The van der Waals surface area contributed by atoms with E-state index in [1.807, 2.05) is 31.2 Å². The van der Waals surface area contributed by atoms with E-state index in [2.05, 4.69) is 0 Å². The maximum atomic E-state index is 14.8. The van der Waals surface area contributed by atoms with Crippen LogP contribution in [0.3, 0.4) is 0 Å². The summed E-state index contributed by atoms with van der Waals surface area (Å²) in [6.07, 6.45) is 2.19. The highest BCUT2D eigenvalue weighted by Crippen LogP contribution is 2.64. The van der Waals surface area contributed by atoms with Crippen molar-refractivity contribution in [2.75, 3.05) is 4.90 Å². The number of hydrogen-bond acceptors (Lipinski definition) is 8. The first kappa shape index (κ1) is 30.3. The van der Waals surface area contributed by atoms with E-state index in [-0.39, 0.29) is 28.7 Å². The van der Waals surface area contributed by atoms with Crippen LogP contribution in [0.5, 0.6) is 5.75 Å². The van der Waals surface area contributed by atoms with Crippen LogP contribution in [-0.2, 0) is 26.2 Å². The average molecular weight is 692 g/mol. The van der Waals surface area contributed by atoms with Crippen LogP contribution in [0.15, 0.2) is 54.1 Å². The summed E-state index contributed by atoms with van der Waals surface area (Å²) in [4.78, 5) is 57.5. The smallest absolute Gasteiger partial charge is 0.257 e. The van der Waals surface area contributed by atoms with Gasteiger partial charge in [0.05, 0.1) is 28.0 Å². The molecule has 2 aliphatic carbocycles. The number of allylic oxidation sites excluding steroid dienone is 2. The normalized spacial score (nSPS) is 28.6. The van der Waals surface area contributed by atoms with Crippen LogP contribution < -0.4 is 4.90 Å². The Kier molecular flexibility index (Phi) is 6.60. The summed E-state index contributed by atoms with van der Waals surface area (Å²) < 4.78 is 2.56. The van der Waals surface area contributed by atoms with E-state index in [0.29, 0.717) is 22.1 Å². The Bertz CT molecular complexity index is 2140. The number of aryl methyl sites for hydroxylation is 2. The molecule has 1 saturated carbocycles. The number of thiophene rings is 1. The summed E-state index contributed by atoms with van der Waals surface area (Å²) in [7, 11) is 1.68. The zero-order chi connectivity index (χ0) is 33.3. The molecule has 0 spiro atoms. The lowest BCUT2D eigenvalue weighted by molar-refractivity contribution is -0.173. The lowest BCUT2D eigenvalue weighted by atomic mass is 9.51. The molecule has 0 unspecified atom stereocenters. The fourth-order valence-corrected chi connectivity index (χ4v) is 10.1. The third kappa shape index (κ3) is 4.03. The van der Waals surface area contributed by atoms with Gasteiger partial charge in [0, 0.05) is 33.8 Å². The summed E-state index contributed by atoms with van der Waals surface area (Å²) in [6.45, 7) is 3.74. The molecule has 2 saturated heterocycles. The first-order chi connectivity index (χ1) is 22.3. The highest BCUT2D eigenvalue weighted by molar-refractivity contribution is 7.22. The number of benzene rings is 2. The highest BCUT2D eigenvalue weighted by atomic mass is 35.5. The summed E-state index contributed by atoms with van der Waals surface area (Å²) in [5, 5.41) is 27.2. The molecule has 47 heavy (non-hydrogen) atoms. The number of amides is 4. The molecule has 4 aromatic rings. The van der Waals surface area contributed by atoms with Gasteiger partial charge in [-0.2, -0.15) is 10.2 Å². The summed E-state index contributed by atoms with van der Waals surface area (Å²) in [5.74, 6) is -5.87. The maximum Gasteiger partial charge on any atom is 0.257 e. The predicted octanol–water partition coefficient (Wildman–Crippen LogP) is 6.24. The number of carbonyl (C=O) groups excluding carboxylic acids is 4. The molecule has 4 heterocycles. The van der Waals surface area contributed by atoms with Gasteiger partial charge in [-0.3, -0.25) is 29.1 Å². The largest absolute Gasteiger partial charge is 0.508 e. The number of hydroxylamine groups is 2. The topological polar surface area (TPSA) is 133 Å². The number of rotatable bonds is 3. The van der Waals surface area contributed by atoms with Crippen molar-refractivity contribution in [1.82, 2.24) is 14.8 Å². The molecule has 2 N–H and O–H groups in total. The molecule has 240 valence electrons. The number of carbonyl (C=O) groups is 4. The number of nitrogens with zero attached hydrogens (tertiary/aromatic N) is 4. The van der Waals surface area contributed by atoms with Crippen molar-refractivity contribution in [3.8, 4) is 16.3 Å². The molecule has 13 heteroatoms. The minimum absolute atomic E-state index is 0.0605. The number of anilines is 1. The third-order valence-electron chi connectivity index (χ3n) is 10.8. The van der Waals surface area contributed by atoms with E-state index in [9.17, 15) is 29.5 Å². The lowest BCUT2D eigenvalue weighted by Crippen LogP contribution is -2.49. The van der Waals surface area contributed by atoms with Crippen LogP contribution in [0.1, 0.15) is 36.8 Å². The van der Waals surface area contributed by atoms with Gasteiger partial charge in [0.15, 0.2) is 0 Å². The van der Waals surface area contributed by atoms with Crippen molar-refractivity contribution in [2.45, 2.75) is 32.6 Å². The van der Waals surface area contributed by atoms with E-state index in [0.717, 1.165) is 26.1 Å². The number of aromatic nitrogens is 2. The van der Waals surface area contributed by atoms with E-state index in [4.69, 9.17) is 28.3 Å². The second-order valence-corrected chi connectivity index (χ2v) is 15.0. The van der Waals surface area contributed by atoms with E-state index in [1.165, 1.54) is 21.7 Å². The number of fused-ring (bicyclic) bond motifs is 5. The molecule has 6 atom stereocenters. The van der Waals surface area contributed by atoms with Gasteiger partial charge in [0.25, 0.3) is 11.8 Å². The molecule has 3 fully saturated rings. The zero-order valence-corrected chi connectivity index (χ0v) is 27.7. The zero-order valence-electron chi connectivity index (χ0n) is 25.4. The molecule has 4 amide bonds. The maximum absolute atomic E-state index is 14.8. The second-order valence-electron chi connectivity index (χ2n) is 13.1. The van der Waals surface area contributed by atoms with Crippen molar-refractivity contribution >= 4 is 74.1 Å². The fourth-order valence-electron chi connectivity index (χ4n) is 8.53. The van der Waals surface area contributed by atoms with Crippen molar-refractivity contribution in [3.05, 3.63) is 75.3 Å². The van der Waals surface area contributed by atoms with Gasteiger partial charge in [-0.1, -0.05) is 40.9 Å². The quantitative estimate of drug-likeness (QED) is 0.148. The molecule has 8 rings (SSSR count). The molecule has 10 nitrogen and oxygen atoms in total. The number of phenolic OH excluding ortho intramolecular Hbond substituents is 1. The van der Waals surface area contributed by atoms with Crippen molar-refractivity contribution in [3.63, 3.8) is 0 Å². The summed E-state index contributed by atoms with van der Waals surface area (Å²) in [6, 6.07) is 11.9. The Morgan fingerprint density at radius 1 is 1.00 bits per heavy atom. The first-order valence-corrected chi connectivity index (χ1v) is 16.8. The van der Waals surface area contributed by atoms with Gasteiger partial charge in [-0.15, -0.1) is 11.3 Å². The van der Waals surface area contributed by atoms with Gasteiger partial charge < -0.3 is 5.11 Å². The number of aromatic hydroxyl groups is 1. The second kappa shape index (κ2) is 10.2. The Balaban J connectivity index is 1.26. The molecule has 0 radical (unpaired) electrons. The minimum Gasteiger partial charge on any atom is -0.508 e. The molecule has 0 bridgehead atoms. The van der Waals surface area contributed by atoms with Crippen molar-refractivity contribution < 1.29 is 29.5 Å². The molecular weight excluding hydrogens is 663 g/mol. The van der Waals surface area contributed by atoms with E-state index >= 15 is 0 Å². The Morgan fingerprint density at radius 3 is 2.51 bits per heavy atom. The van der Waals surface area contributed by atoms with Gasteiger partial charge in [-0.25, -0.2) is 4.90 Å². The van der Waals surface area contributed by atoms with Gasteiger partial charge in [0.2, 0.25) is 11.8 Å². The molecule has 2 aromatic heterocycles. The standard InChI is InChI=1S/C34H28Cl2N4O6S/c1-14-20-10-15(35)4-9-25(20)47-29(14)24-13-26(38(3)37-24)39-31(43)22-12-21-17(7-8-19-27(21)32(44)40(46)30(19)42)28(34(22,2)33(39)45)18-6-5-16(41)11-23(18)36/h4-7,9-11,13,19,21-22,27-28,41,46H,8,12H2,1-3H3/t19-,21+,22-,27-,28+,34+/m0/s1. The number of imide groups is 2. The minimum atomic E-state index is -1.33. The van der Waals surface area contributed by atoms with Crippen LogP contribution >= 0.6 is 34.5 Å². The molecule has 4 aliphatic rings. The highest BCUT2D eigenvalue weighted by Gasteiger charge is 2.68. The van der Waals surface area contributed by atoms with Gasteiger partial charge >= 0.3 is 0 Å². The van der Waals surface area contributed by atoms with Gasteiger partial charge in [-0.05, 0) is 79.5 Å². The number of hydrogen-bond donors (Lipinski definition) is 2. The van der Waals surface area contributed by atoms with Crippen LogP contribution in [-0.4, -0.2) is 48.8 Å². The Labute approximate surface area is 282 Å². The Morgan fingerprint density at radius 2 is 1.77 bits per heavy atom. The third-order valence-corrected chi connectivity index (χ3v) is 12.6. The van der Waals surface area contributed by atoms with Crippen LogP contribution in [0.25, 0.3) is 20.7 Å². The fraction of sp³-hybridized carbons (Fsp3) is 0.324. The SMILES string of the molecule is Cc1c(-c2cc(N3C(=O)[C@@H]4C[C@@H]5C(=CC[C@@H]6C(=O)N(O)C(=O)[C@@H]65)[C@H](c5ccc(O)cc5Cl)[C@]4(C)C3=O)n(C)n2)sc2ccc(Cl)cc12. The molecule has 2 aromatic carbocycles. The number of halogens is 2. The Hall–Kier alpha value is -4.03. The summed E-state index contributed by atoms with van der Waals surface area (Å²) in [5.41, 5.74) is 1.51. The molecule has 2 aliphatic heterocycles. The predicted molar refractivity (Wildman–Crippen MR) is 175 cm³/mol. The van der Waals surface area contributed by atoms with Crippen molar-refractivity contribution in [1.29, 1.82) is 0 Å². The van der Waals surface area contributed by atoms with Crippen molar-refractivity contribution in [2.24, 2.45) is 36.1 Å². The van der Waals surface area contributed by atoms with Crippen LogP contribution in [0.4, 0.5) is 5.82 Å². The number of phenols is 1. The van der Waals surface area contributed by atoms with Crippen LogP contribution in [0, 0.1) is 36.0 Å².